The van der Waals surface area contributed by atoms with Crippen LogP contribution >= 0.6 is 23.2 Å². The van der Waals surface area contributed by atoms with Gasteiger partial charge in [0.2, 0.25) is 0 Å². The molecule has 8 nitrogen and oxygen atoms in total. The van der Waals surface area contributed by atoms with E-state index in [1.807, 2.05) is 24.3 Å². The zero-order valence-electron chi connectivity index (χ0n) is 20.5. The normalized spacial score (nSPS) is 13.7. The Bertz CT molecular complexity index is 1430. The lowest BCUT2D eigenvalue weighted by Gasteiger charge is -2.21. The molecule has 2 aromatic carbocycles. The minimum Gasteiger partial charge on any atom is -0.870 e. The number of fused-ring (bicyclic) bond motifs is 1. The van der Waals surface area contributed by atoms with Crippen molar-refractivity contribution in [3.8, 4) is 11.5 Å². The van der Waals surface area contributed by atoms with Crippen LogP contribution in [0.25, 0.3) is 11.0 Å². The smallest absolute Gasteiger partial charge is 0.387 e. The van der Waals surface area contributed by atoms with Gasteiger partial charge in [-0.15, -0.1) is 0 Å². The lowest BCUT2D eigenvalue weighted by atomic mass is 10.0. The van der Waals surface area contributed by atoms with Gasteiger partial charge >= 0.3 is 12.6 Å². The van der Waals surface area contributed by atoms with E-state index in [1.54, 1.807) is 35.4 Å². The molecule has 2 N–H and O–H groups in total. The van der Waals surface area contributed by atoms with E-state index < -0.39 is 18.7 Å². The molecule has 1 atom stereocenters. The molecule has 2 aromatic heterocycles. The number of para-hydroxylation sites is 2. The number of carbonyl (C=O) groups excluding carboxylic acids is 1. The molecule has 4 aromatic rings. The molecule has 1 fully saturated rings. The first-order valence-corrected chi connectivity index (χ1v) is 12.8. The molecule has 0 saturated heterocycles. The SMILES string of the molecule is O=C(Cn1cnc2ccccc21)O[C@@H](Cc1c(Cl)c[nH+]cc1Cl)c1ccc(OC(F)F)c(OCC2CC2)c1.[OH-]. The second-order valence-electron chi connectivity index (χ2n) is 9.01. The van der Waals surface area contributed by atoms with Gasteiger partial charge in [-0.25, -0.2) is 9.97 Å². The number of aromatic nitrogens is 3. The maximum atomic E-state index is 13.1. The molecule has 0 spiro atoms. The van der Waals surface area contributed by atoms with Crippen LogP contribution in [0.15, 0.2) is 61.2 Å². The maximum absolute atomic E-state index is 13.1. The van der Waals surface area contributed by atoms with Gasteiger partial charge in [0.25, 0.3) is 0 Å². The number of rotatable bonds is 11. The monoisotopic (exact) mass is 579 g/mol. The number of benzene rings is 2. The van der Waals surface area contributed by atoms with Crippen molar-refractivity contribution in [2.75, 3.05) is 6.61 Å². The molecule has 0 radical (unpaired) electrons. The number of alkyl halides is 2. The van der Waals surface area contributed by atoms with Crippen LogP contribution in [-0.4, -0.2) is 34.2 Å². The van der Waals surface area contributed by atoms with E-state index in [4.69, 9.17) is 32.7 Å². The summed E-state index contributed by atoms with van der Waals surface area (Å²) in [5, 5.41) is 0.726. The van der Waals surface area contributed by atoms with Gasteiger partial charge in [0, 0.05) is 12.0 Å². The Kier molecular flexibility index (Phi) is 9.21. The van der Waals surface area contributed by atoms with Crippen LogP contribution in [-0.2, 0) is 22.5 Å². The van der Waals surface area contributed by atoms with E-state index in [1.165, 1.54) is 6.07 Å². The first-order valence-electron chi connectivity index (χ1n) is 12.0. The summed E-state index contributed by atoms with van der Waals surface area (Å²) in [6, 6.07) is 11.9. The highest BCUT2D eigenvalue weighted by molar-refractivity contribution is 6.35. The molecule has 1 saturated carbocycles. The zero-order valence-corrected chi connectivity index (χ0v) is 22.0. The van der Waals surface area contributed by atoms with Crippen molar-refractivity contribution in [3.05, 3.63) is 82.4 Å². The highest BCUT2D eigenvalue weighted by Gasteiger charge is 2.26. The average molecular weight is 580 g/mol. The van der Waals surface area contributed by atoms with Gasteiger partial charge in [-0.05, 0) is 48.6 Å². The summed E-state index contributed by atoms with van der Waals surface area (Å²) in [5.74, 6) is -0.0872. The predicted molar refractivity (Wildman–Crippen MR) is 139 cm³/mol. The Morgan fingerprint density at radius 2 is 1.85 bits per heavy atom. The fraction of sp³-hybridized carbons (Fsp3) is 0.296. The summed E-state index contributed by atoms with van der Waals surface area (Å²) in [7, 11) is 0. The first-order chi connectivity index (χ1) is 18.4. The van der Waals surface area contributed by atoms with E-state index in [0.717, 1.165) is 23.9 Å². The molecule has 2 heterocycles. The molecule has 0 aliphatic heterocycles. The number of H-pyrrole nitrogens is 1. The second kappa shape index (κ2) is 12.6. The number of nitrogens with zero attached hydrogens (tertiary/aromatic N) is 2. The van der Waals surface area contributed by atoms with Crippen molar-refractivity contribution in [1.29, 1.82) is 0 Å². The molecule has 1 aliphatic rings. The van der Waals surface area contributed by atoms with Gasteiger partial charge < -0.3 is 24.3 Å². The number of halogens is 4. The van der Waals surface area contributed by atoms with Gasteiger partial charge in [0.05, 0.1) is 24.0 Å². The van der Waals surface area contributed by atoms with Crippen LogP contribution in [0, 0.1) is 5.92 Å². The number of imidazole rings is 1. The quantitative estimate of drug-likeness (QED) is 0.205. The predicted octanol–water partition coefficient (Wildman–Crippen LogP) is 5.90. The molecule has 0 unspecified atom stereocenters. The van der Waals surface area contributed by atoms with E-state index in [9.17, 15) is 13.6 Å². The molecule has 0 bridgehead atoms. The lowest BCUT2D eigenvalue weighted by Crippen LogP contribution is -2.19. The number of hydrogen-bond donors (Lipinski definition) is 0. The third-order valence-electron chi connectivity index (χ3n) is 6.21. The van der Waals surface area contributed by atoms with Crippen LogP contribution in [0.3, 0.4) is 0 Å². The summed E-state index contributed by atoms with van der Waals surface area (Å²) < 4.78 is 44.1. The molecule has 206 valence electrons. The Hall–Kier alpha value is -3.47. The summed E-state index contributed by atoms with van der Waals surface area (Å²) >= 11 is 12.8. The Morgan fingerprint density at radius 3 is 2.56 bits per heavy atom. The molecular weight excluding hydrogens is 555 g/mol. The number of esters is 1. The van der Waals surface area contributed by atoms with Crippen molar-refractivity contribution in [3.63, 3.8) is 0 Å². The number of carbonyl (C=O) groups is 1. The van der Waals surface area contributed by atoms with Crippen LogP contribution in [0.4, 0.5) is 8.78 Å². The van der Waals surface area contributed by atoms with Gasteiger partial charge in [-0.1, -0.05) is 41.4 Å². The largest absolute Gasteiger partial charge is 0.870 e. The number of ether oxygens (including phenoxy) is 3. The molecule has 0 amide bonds. The fourth-order valence-electron chi connectivity index (χ4n) is 4.08. The summed E-state index contributed by atoms with van der Waals surface area (Å²) in [6.45, 7) is -2.72. The van der Waals surface area contributed by atoms with Crippen LogP contribution in [0.5, 0.6) is 11.5 Å². The van der Waals surface area contributed by atoms with E-state index in [0.29, 0.717) is 33.7 Å². The van der Waals surface area contributed by atoms with Crippen LogP contribution in [0.1, 0.15) is 30.1 Å². The van der Waals surface area contributed by atoms with Crippen molar-refractivity contribution in [2.24, 2.45) is 5.92 Å². The lowest BCUT2D eigenvalue weighted by molar-refractivity contribution is -0.377. The van der Waals surface area contributed by atoms with Crippen molar-refractivity contribution >= 4 is 40.2 Å². The second-order valence-corrected chi connectivity index (χ2v) is 9.83. The first kappa shape index (κ1) is 28.5. The standard InChI is InChI=1S/C27H23Cl2F2N3O4.H2O/c28-19-11-32-12-20(29)18(19)10-24(37-26(35)13-34-15-33-21-3-1-2-4-22(21)34)17-7-8-23(38-27(30)31)25(9-17)36-14-16-5-6-16;/h1-4,7-9,11-12,15-16,24,27H,5-6,10,13-14H2;1H2/t24-;/m0./s1. The number of aromatic amines is 1. The van der Waals surface area contributed by atoms with E-state index in [2.05, 4.69) is 14.7 Å². The van der Waals surface area contributed by atoms with Crippen molar-refractivity contribution in [2.45, 2.75) is 38.5 Å². The molecular formula is C27H25Cl2F2N3O5. The van der Waals surface area contributed by atoms with Crippen LogP contribution in [0.2, 0.25) is 10.0 Å². The highest BCUT2D eigenvalue weighted by Crippen LogP contribution is 2.37. The summed E-state index contributed by atoms with van der Waals surface area (Å²) in [5.41, 5.74) is 2.62. The van der Waals surface area contributed by atoms with Gasteiger partial charge in [0.1, 0.15) is 22.7 Å². The van der Waals surface area contributed by atoms with Crippen molar-refractivity contribution in [1.82, 2.24) is 9.55 Å². The number of nitrogens with one attached hydrogen (secondary N) is 1. The average Bonchev–Trinajstić information content (AvgIpc) is 3.64. The van der Waals surface area contributed by atoms with Crippen molar-refractivity contribution < 1.29 is 38.2 Å². The van der Waals surface area contributed by atoms with Crippen LogP contribution < -0.4 is 14.5 Å². The summed E-state index contributed by atoms with van der Waals surface area (Å²) in [6.07, 6.45) is 6.05. The molecule has 12 heteroatoms. The topological polar surface area (TPSA) is 107 Å². The Labute approximate surface area is 232 Å². The maximum Gasteiger partial charge on any atom is 0.387 e. The number of pyridine rings is 1. The van der Waals surface area contributed by atoms with Gasteiger partial charge in [-0.2, -0.15) is 8.78 Å². The zero-order chi connectivity index (χ0) is 26.6. The third kappa shape index (κ3) is 7.14. The summed E-state index contributed by atoms with van der Waals surface area (Å²) in [4.78, 5) is 20.3. The highest BCUT2D eigenvalue weighted by atomic mass is 35.5. The van der Waals surface area contributed by atoms with Gasteiger partial charge in [0.15, 0.2) is 23.9 Å². The van der Waals surface area contributed by atoms with E-state index >= 15 is 0 Å². The Morgan fingerprint density at radius 1 is 1.10 bits per heavy atom. The number of hydrogen-bond acceptors (Lipinski definition) is 6. The van der Waals surface area contributed by atoms with Gasteiger partial charge in [-0.3, -0.25) is 4.79 Å². The molecule has 39 heavy (non-hydrogen) atoms. The minimum absolute atomic E-state index is 0. The molecule has 1 aliphatic carbocycles. The minimum atomic E-state index is -3.01. The third-order valence-corrected chi connectivity index (χ3v) is 6.89. The van der Waals surface area contributed by atoms with E-state index in [-0.39, 0.29) is 29.9 Å². The Balaban J connectivity index is 0.00000353. The molecule has 5 rings (SSSR count). The fourth-order valence-corrected chi connectivity index (χ4v) is 4.61.